The Balaban J connectivity index is 2.73. The van der Waals surface area contributed by atoms with Gasteiger partial charge in [0.25, 0.3) is 5.56 Å². The van der Waals surface area contributed by atoms with Crippen LogP contribution < -0.4 is 5.56 Å². The molecule has 0 saturated heterocycles. The number of esters is 1. The number of nitrogens with one attached hydrogen (secondary N) is 1. The summed E-state index contributed by atoms with van der Waals surface area (Å²) >= 11 is 0. The zero-order valence-electron chi connectivity index (χ0n) is 7.98. The largest absolute Gasteiger partial charge is 0.464 e. The molecule has 2 heterocycles. The summed E-state index contributed by atoms with van der Waals surface area (Å²) < 4.78 is 4.51. The molecule has 0 aliphatic heterocycles. The van der Waals surface area contributed by atoms with Crippen molar-refractivity contribution in [1.82, 2.24) is 9.97 Å². The van der Waals surface area contributed by atoms with Gasteiger partial charge in [0.1, 0.15) is 5.69 Å². The summed E-state index contributed by atoms with van der Waals surface area (Å²) in [7, 11) is 1.26. The summed E-state index contributed by atoms with van der Waals surface area (Å²) in [5, 5.41) is 1.11. The zero-order valence-corrected chi connectivity index (χ0v) is 7.98. The van der Waals surface area contributed by atoms with Crippen molar-refractivity contribution in [2.75, 3.05) is 7.11 Å². The van der Waals surface area contributed by atoms with Crippen LogP contribution in [0.1, 0.15) is 10.5 Å². The number of hydrogen-bond acceptors (Lipinski definition) is 4. The van der Waals surface area contributed by atoms with Crippen LogP contribution in [0.25, 0.3) is 10.8 Å². The number of rotatable bonds is 1. The average molecular weight is 204 g/mol. The number of pyridine rings is 2. The van der Waals surface area contributed by atoms with Crippen LogP contribution in [0.2, 0.25) is 0 Å². The van der Waals surface area contributed by atoms with E-state index in [0.717, 1.165) is 0 Å². The Morgan fingerprint density at radius 1 is 1.53 bits per heavy atom. The number of H-pyrrole nitrogens is 1. The second-order valence-electron chi connectivity index (χ2n) is 2.97. The predicted octanol–water partition coefficient (Wildman–Crippen LogP) is 0.710. The first kappa shape index (κ1) is 9.39. The summed E-state index contributed by atoms with van der Waals surface area (Å²) in [6, 6.07) is 3.13. The number of ether oxygens (including phenoxy) is 1. The van der Waals surface area contributed by atoms with Crippen LogP contribution in [0.4, 0.5) is 0 Å². The number of nitrogens with zero attached hydrogens (tertiary/aromatic N) is 1. The van der Waals surface area contributed by atoms with Crippen molar-refractivity contribution in [2.24, 2.45) is 0 Å². The first-order valence-corrected chi connectivity index (χ1v) is 4.28. The van der Waals surface area contributed by atoms with Gasteiger partial charge in [-0.3, -0.25) is 9.78 Å². The molecule has 5 heteroatoms. The van der Waals surface area contributed by atoms with E-state index < -0.39 is 5.97 Å². The molecule has 0 amide bonds. The molecule has 0 aromatic carbocycles. The molecule has 2 aromatic heterocycles. The molecule has 0 aliphatic carbocycles. The normalized spacial score (nSPS) is 10.2. The molecule has 0 bridgehead atoms. The van der Waals surface area contributed by atoms with E-state index in [1.54, 1.807) is 6.07 Å². The lowest BCUT2D eigenvalue weighted by atomic mass is 10.2. The second kappa shape index (κ2) is 3.53. The maximum atomic E-state index is 11.5. The smallest absolute Gasteiger partial charge is 0.354 e. The molecule has 0 fully saturated rings. The van der Waals surface area contributed by atoms with Gasteiger partial charge >= 0.3 is 5.97 Å². The minimum absolute atomic E-state index is 0.128. The van der Waals surface area contributed by atoms with Gasteiger partial charge in [0.15, 0.2) is 0 Å². The van der Waals surface area contributed by atoms with Crippen LogP contribution in [0, 0.1) is 0 Å². The third-order valence-corrected chi connectivity index (χ3v) is 2.05. The van der Waals surface area contributed by atoms with E-state index in [-0.39, 0.29) is 11.3 Å². The third-order valence-electron chi connectivity index (χ3n) is 2.05. The van der Waals surface area contributed by atoms with Gasteiger partial charge < -0.3 is 9.72 Å². The Labute approximate surface area is 84.7 Å². The van der Waals surface area contributed by atoms with Gasteiger partial charge in [-0.2, -0.15) is 0 Å². The van der Waals surface area contributed by atoms with Crippen molar-refractivity contribution in [3.05, 3.63) is 40.6 Å². The SMILES string of the molecule is COC(=O)c1cc2cnccc2c(=O)[nH]1. The fourth-order valence-corrected chi connectivity index (χ4v) is 1.33. The number of methoxy groups -OCH3 is 1. The fraction of sp³-hybridized carbons (Fsp3) is 0.100. The van der Waals surface area contributed by atoms with Gasteiger partial charge in [0.2, 0.25) is 0 Å². The number of carbonyl (C=O) groups excluding carboxylic acids is 1. The van der Waals surface area contributed by atoms with Crippen molar-refractivity contribution in [3.8, 4) is 0 Å². The Hall–Kier alpha value is -2.17. The Morgan fingerprint density at radius 3 is 3.07 bits per heavy atom. The predicted molar refractivity (Wildman–Crippen MR) is 53.7 cm³/mol. The Bertz CT molecular complexity index is 574. The minimum atomic E-state index is -0.571. The van der Waals surface area contributed by atoms with Crippen LogP contribution in [0.5, 0.6) is 0 Å². The molecule has 0 spiro atoms. The molecule has 2 rings (SSSR count). The molecule has 0 atom stereocenters. The van der Waals surface area contributed by atoms with Crippen LogP contribution >= 0.6 is 0 Å². The highest BCUT2D eigenvalue weighted by Gasteiger charge is 2.08. The minimum Gasteiger partial charge on any atom is -0.464 e. The van der Waals surface area contributed by atoms with Crippen molar-refractivity contribution >= 4 is 16.7 Å². The van der Waals surface area contributed by atoms with E-state index in [4.69, 9.17) is 0 Å². The van der Waals surface area contributed by atoms with Crippen molar-refractivity contribution in [1.29, 1.82) is 0 Å². The van der Waals surface area contributed by atoms with Gasteiger partial charge in [-0.05, 0) is 12.1 Å². The van der Waals surface area contributed by atoms with Crippen LogP contribution in [0.15, 0.2) is 29.3 Å². The van der Waals surface area contributed by atoms with E-state index in [9.17, 15) is 9.59 Å². The van der Waals surface area contributed by atoms with Gasteiger partial charge in [-0.25, -0.2) is 4.79 Å². The fourth-order valence-electron chi connectivity index (χ4n) is 1.33. The second-order valence-corrected chi connectivity index (χ2v) is 2.97. The molecule has 2 aromatic rings. The maximum absolute atomic E-state index is 11.5. The standard InChI is InChI=1S/C10H8N2O3/c1-15-10(14)8-4-6-5-11-3-2-7(6)9(13)12-8/h2-5H,1H3,(H,12,13). The summed E-state index contributed by atoms with van der Waals surface area (Å²) in [5.74, 6) is -0.571. The van der Waals surface area contributed by atoms with E-state index in [1.165, 1.54) is 25.6 Å². The molecular formula is C10H8N2O3. The average Bonchev–Trinajstić information content (AvgIpc) is 2.28. The lowest BCUT2D eigenvalue weighted by Gasteiger charge is -2.00. The maximum Gasteiger partial charge on any atom is 0.354 e. The van der Waals surface area contributed by atoms with Crippen molar-refractivity contribution in [2.45, 2.75) is 0 Å². The van der Waals surface area contributed by atoms with Crippen LogP contribution in [0.3, 0.4) is 0 Å². The van der Waals surface area contributed by atoms with E-state index >= 15 is 0 Å². The number of aromatic nitrogens is 2. The summed E-state index contributed by atoms with van der Waals surface area (Å²) in [5.41, 5.74) is -0.196. The van der Waals surface area contributed by atoms with E-state index in [2.05, 4.69) is 14.7 Å². The van der Waals surface area contributed by atoms with Crippen molar-refractivity contribution in [3.63, 3.8) is 0 Å². The van der Waals surface area contributed by atoms with Gasteiger partial charge in [-0.1, -0.05) is 0 Å². The monoisotopic (exact) mass is 204 g/mol. The van der Waals surface area contributed by atoms with Crippen molar-refractivity contribution < 1.29 is 9.53 Å². The van der Waals surface area contributed by atoms with Crippen LogP contribution in [-0.4, -0.2) is 23.0 Å². The number of aromatic amines is 1. The van der Waals surface area contributed by atoms with E-state index in [1.807, 2.05) is 0 Å². The Kier molecular flexibility index (Phi) is 2.21. The summed E-state index contributed by atoms with van der Waals surface area (Å²) in [4.78, 5) is 29.0. The molecule has 0 aliphatic rings. The molecular weight excluding hydrogens is 196 g/mol. The van der Waals surface area contributed by atoms with Gasteiger partial charge in [0.05, 0.1) is 12.5 Å². The quantitative estimate of drug-likeness (QED) is 0.694. The summed E-state index contributed by atoms with van der Waals surface area (Å²) in [6.45, 7) is 0. The highest BCUT2D eigenvalue weighted by atomic mass is 16.5. The summed E-state index contributed by atoms with van der Waals surface area (Å²) in [6.07, 6.45) is 3.05. The van der Waals surface area contributed by atoms with Gasteiger partial charge in [0, 0.05) is 17.8 Å². The topological polar surface area (TPSA) is 72.0 Å². The number of hydrogen-bond donors (Lipinski definition) is 1. The zero-order chi connectivity index (χ0) is 10.8. The third kappa shape index (κ3) is 1.59. The highest BCUT2D eigenvalue weighted by Crippen LogP contribution is 2.08. The lowest BCUT2D eigenvalue weighted by molar-refractivity contribution is 0.0594. The first-order chi connectivity index (χ1) is 7.22. The molecule has 1 N–H and O–H groups in total. The molecule has 0 saturated carbocycles. The lowest BCUT2D eigenvalue weighted by Crippen LogP contribution is -2.14. The number of fused-ring (bicyclic) bond motifs is 1. The van der Waals surface area contributed by atoms with E-state index in [0.29, 0.717) is 10.8 Å². The number of carbonyl (C=O) groups is 1. The van der Waals surface area contributed by atoms with Gasteiger partial charge in [-0.15, -0.1) is 0 Å². The Morgan fingerprint density at radius 2 is 2.33 bits per heavy atom. The van der Waals surface area contributed by atoms with Crippen LogP contribution in [-0.2, 0) is 4.74 Å². The molecule has 76 valence electrons. The molecule has 5 nitrogen and oxygen atoms in total. The highest BCUT2D eigenvalue weighted by molar-refractivity contribution is 5.92. The molecule has 0 radical (unpaired) electrons. The first-order valence-electron chi connectivity index (χ1n) is 4.28. The molecule has 0 unspecified atom stereocenters. The molecule has 15 heavy (non-hydrogen) atoms.